The molecule has 1 atom stereocenters. The highest BCUT2D eigenvalue weighted by Gasteiger charge is 2.28. The molecule has 0 amide bonds. The van der Waals surface area contributed by atoms with E-state index in [1.807, 2.05) is 0 Å². The molecule has 26 heavy (non-hydrogen) atoms. The van der Waals surface area contributed by atoms with Gasteiger partial charge in [-0.25, -0.2) is 14.4 Å². The van der Waals surface area contributed by atoms with E-state index in [1.54, 1.807) is 33.8 Å². The predicted molar refractivity (Wildman–Crippen MR) is 102 cm³/mol. The number of alkyl halides is 1. The minimum Gasteiger partial charge on any atom is -0.299 e. The normalized spacial score (nSPS) is 12.7. The first-order valence-electron chi connectivity index (χ1n) is 7.99. The van der Waals surface area contributed by atoms with Gasteiger partial charge in [0.2, 0.25) is 0 Å². The van der Waals surface area contributed by atoms with Crippen LogP contribution in [0.3, 0.4) is 0 Å². The molecule has 0 N–H and O–H groups in total. The van der Waals surface area contributed by atoms with Gasteiger partial charge in [0.25, 0.3) is 0 Å². The average Bonchev–Trinajstić information content (AvgIpc) is 2.55. The summed E-state index contributed by atoms with van der Waals surface area (Å²) in [4.78, 5) is 32.3. The topological polar surface area (TPSA) is 59.9 Å². The molecule has 1 aromatic heterocycles. The summed E-state index contributed by atoms with van der Waals surface area (Å²) in [6.45, 7) is 6.98. The Morgan fingerprint density at radius 2 is 1.96 bits per heavy atom. The smallest absolute Gasteiger partial charge is 0.185 e. The van der Waals surface area contributed by atoms with E-state index in [9.17, 15) is 14.0 Å². The molecular formula is C19H19BrClFN2O2. The molecule has 4 nitrogen and oxygen atoms in total. The van der Waals surface area contributed by atoms with Gasteiger partial charge in [0, 0.05) is 23.1 Å². The molecular weight excluding hydrogens is 423 g/mol. The maximum absolute atomic E-state index is 14.9. The van der Waals surface area contributed by atoms with E-state index >= 15 is 0 Å². The second-order valence-electron chi connectivity index (χ2n) is 7.03. The van der Waals surface area contributed by atoms with Crippen LogP contribution < -0.4 is 0 Å². The fraction of sp³-hybridized carbons (Fsp3) is 0.368. The van der Waals surface area contributed by atoms with Crippen molar-refractivity contribution in [2.24, 2.45) is 5.41 Å². The van der Waals surface area contributed by atoms with E-state index in [0.29, 0.717) is 11.5 Å². The Morgan fingerprint density at radius 3 is 2.54 bits per heavy atom. The van der Waals surface area contributed by atoms with Gasteiger partial charge in [-0.3, -0.25) is 9.59 Å². The molecule has 0 radical (unpaired) electrons. The fourth-order valence-electron chi connectivity index (χ4n) is 2.28. The molecule has 0 spiro atoms. The van der Waals surface area contributed by atoms with Crippen LogP contribution in [-0.4, -0.2) is 21.5 Å². The van der Waals surface area contributed by atoms with Crippen molar-refractivity contribution >= 4 is 39.1 Å². The van der Waals surface area contributed by atoms with Crippen molar-refractivity contribution in [3.63, 3.8) is 0 Å². The maximum atomic E-state index is 14.9. The van der Waals surface area contributed by atoms with E-state index in [4.69, 9.17) is 11.6 Å². The molecule has 1 aromatic carbocycles. The third-order valence-electron chi connectivity index (χ3n) is 3.85. The molecule has 0 saturated carbocycles. The number of hydrogen-bond donors (Lipinski definition) is 0. The summed E-state index contributed by atoms with van der Waals surface area (Å²) < 4.78 is 14.9. The van der Waals surface area contributed by atoms with E-state index in [2.05, 4.69) is 25.9 Å². The van der Waals surface area contributed by atoms with Crippen molar-refractivity contribution in [3.05, 3.63) is 57.9 Å². The number of benzene rings is 1. The van der Waals surface area contributed by atoms with Crippen molar-refractivity contribution < 1.29 is 14.0 Å². The summed E-state index contributed by atoms with van der Waals surface area (Å²) in [5.41, 5.74) is -0.254. The molecule has 0 aliphatic heterocycles. The molecule has 1 unspecified atom stereocenters. The van der Waals surface area contributed by atoms with Crippen molar-refractivity contribution in [2.75, 3.05) is 0 Å². The first kappa shape index (κ1) is 20.6. The zero-order valence-corrected chi connectivity index (χ0v) is 17.3. The minimum atomic E-state index is -0.844. The number of halogens is 3. The van der Waals surface area contributed by atoms with Crippen LogP contribution >= 0.6 is 27.5 Å². The minimum absolute atomic E-state index is 0.111. The molecule has 7 heteroatoms. The third-order valence-corrected chi connectivity index (χ3v) is 4.96. The van der Waals surface area contributed by atoms with Gasteiger partial charge in [-0.05, 0) is 30.7 Å². The van der Waals surface area contributed by atoms with E-state index in [1.165, 1.54) is 18.3 Å². The molecule has 2 aromatic rings. The van der Waals surface area contributed by atoms with Gasteiger partial charge in [0.1, 0.15) is 22.3 Å². The van der Waals surface area contributed by atoms with Gasteiger partial charge in [0.15, 0.2) is 5.78 Å². The van der Waals surface area contributed by atoms with E-state index in [-0.39, 0.29) is 28.4 Å². The fourth-order valence-corrected chi connectivity index (χ4v) is 3.02. The van der Waals surface area contributed by atoms with Gasteiger partial charge < -0.3 is 0 Å². The Balaban J connectivity index is 2.40. The lowest BCUT2D eigenvalue weighted by Crippen LogP contribution is -2.23. The molecule has 0 aliphatic carbocycles. The van der Waals surface area contributed by atoms with E-state index < -0.39 is 21.8 Å². The van der Waals surface area contributed by atoms with Crippen molar-refractivity contribution in [3.8, 4) is 0 Å². The number of carbonyl (C=O) groups excluding carboxylic acids is 2. The van der Waals surface area contributed by atoms with Crippen LogP contribution in [0.2, 0.25) is 5.02 Å². The van der Waals surface area contributed by atoms with E-state index in [0.717, 1.165) is 0 Å². The van der Waals surface area contributed by atoms with Crippen LogP contribution in [-0.2, 0) is 11.2 Å². The largest absolute Gasteiger partial charge is 0.299 e. The SMILES string of the molecule is Cc1nccc(C(Br)C(=O)c2cc(Cl)cc(CC(=O)C(C)(C)C)c2F)n1. The number of aryl methyl sites for hydroxylation is 1. The lowest BCUT2D eigenvalue weighted by molar-refractivity contribution is -0.125. The number of rotatable bonds is 5. The summed E-state index contributed by atoms with van der Waals surface area (Å²) in [5.74, 6) is -0.888. The Hall–Kier alpha value is -1.66. The molecule has 0 fully saturated rings. The highest BCUT2D eigenvalue weighted by molar-refractivity contribution is 9.09. The molecule has 0 bridgehead atoms. The van der Waals surface area contributed by atoms with Crippen molar-refractivity contribution in [1.29, 1.82) is 0 Å². The summed E-state index contributed by atoms with van der Waals surface area (Å²) in [6.07, 6.45) is 1.40. The number of nitrogens with zero attached hydrogens (tertiary/aromatic N) is 2. The summed E-state index contributed by atoms with van der Waals surface area (Å²) in [7, 11) is 0. The Morgan fingerprint density at radius 1 is 1.31 bits per heavy atom. The van der Waals surface area contributed by atoms with Crippen LogP contribution in [0.15, 0.2) is 24.4 Å². The summed E-state index contributed by atoms with van der Waals surface area (Å²) in [5, 5.41) is 0.199. The number of aromatic nitrogens is 2. The van der Waals surface area contributed by atoms with Gasteiger partial charge in [-0.15, -0.1) is 0 Å². The van der Waals surface area contributed by atoms with Crippen LogP contribution in [0.5, 0.6) is 0 Å². The summed E-state index contributed by atoms with van der Waals surface area (Å²) >= 11 is 9.34. The second kappa shape index (κ2) is 7.92. The molecule has 1 heterocycles. The van der Waals surface area contributed by atoms with Crippen LogP contribution in [0.1, 0.15) is 53.0 Å². The van der Waals surface area contributed by atoms with Gasteiger partial charge in [-0.2, -0.15) is 0 Å². The van der Waals surface area contributed by atoms with Crippen LogP contribution in [0.4, 0.5) is 4.39 Å². The quantitative estimate of drug-likeness (QED) is 0.481. The molecule has 2 rings (SSSR count). The average molecular weight is 442 g/mol. The van der Waals surface area contributed by atoms with Crippen molar-refractivity contribution in [1.82, 2.24) is 9.97 Å². The first-order valence-corrected chi connectivity index (χ1v) is 9.29. The monoisotopic (exact) mass is 440 g/mol. The highest BCUT2D eigenvalue weighted by atomic mass is 79.9. The molecule has 0 saturated heterocycles. The van der Waals surface area contributed by atoms with Gasteiger partial charge in [-0.1, -0.05) is 48.3 Å². The summed E-state index contributed by atoms with van der Waals surface area (Å²) in [6, 6.07) is 4.23. The highest BCUT2D eigenvalue weighted by Crippen LogP contribution is 2.30. The standard InChI is InChI=1S/C19H19BrClFN2O2/c1-10-23-6-5-14(24-10)16(20)18(26)13-9-12(21)7-11(17(13)22)8-15(25)19(2,3)4/h5-7,9,16H,8H2,1-4H3. The number of ketones is 2. The van der Waals surface area contributed by atoms with Gasteiger partial charge >= 0.3 is 0 Å². The number of Topliss-reactive ketones (excluding diaryl/α,β-unsaturated/α-hetero) is 2. The maximum Gasteiger partial charge on any atom is 0.185 e. The Bertz CT molecular complexity index is 865. The Labute approximate surface area is 165 Å². The predicted octanol–water partition coefficient (Wildman–Crippen LogP) is 5.05. The zero-order chi connectivity index (χ0) is 19.6. The number of hydrogen-bond acceptors (Lipinski definition) is 4. The number of carbonyl (C=O) groups is 2. The third kappa shape index (κ3) is 4.74. The van der Waals surface area contributed by atoms with Crippen molar-refractivity contribution in [2.45, 2.75) is 38.9 Å². The van der Waals surface area contributed by atoms with Gasteiger partial charge in [0.05, 0.1) is 11.3 Å². The van der Waals surface area contributed by atoms with Crippen LogP contribution in [0.25, 0.3) is 0 Å². The first-order chi connectivity index (χ1) is 12.0. The Kier molecular flexibility index (Phi) is 6.29. The lowest BCUT2D eigenvalue weighted by Gasteiger charge is -2.18. The molecule has 0 aliphatic rings. The molecule has 138 valence electrons. The van der Waals surface area contributed by atoms with Crippen LogP contribution in [0, 0.1) is 18.2 Å². The lowest BCUT2D eigenvalue weighted by atomic mass is 9.86. The zero-order valence-electron chi connectivity index (χ0n) is 14.9. The second-order valence-corrected chi connectivity index (χ2v) is 8.38.